The van der Waals surface area contributed by atoms with Crippen molar-refractivity contribution in [2.75, 3.05) is 18.1 Å². The number of nitrogens with zero attached hydrogens (tertiary/aromatic N) is 1. The average molecular weight is 522 g/mol. The highest BCUT2D eigenvalue weighted by Gasteiger charge is 2.49. The number of anilines is 1. The highest BCUT2D eigenvalue weighted by Crippen LogP contribution is 2.49. The number of carboxylic acid groups (broad SMARTS) is 1. The van der Waals surface area contributed by atoms with Gasteiger partial charge in [-0.15, -0.1) is 0 Å². The maximum atomic E-state index is 13.4. The van der Waals surface area contributed by atoms with Crippen LogP contribution in [-0.4, -0.2) is 35.3 Å². The summed E-state index contributed by atoms with van der Waals surface area (Å²) in [6.45, 7) is 2.04. The van der Waals surface area contributed by atoms with Crippen LogP contribution >= 0.6 is 0 Å². The molecule has 38 heavy (non-hydrogen) atoms. The first-order valence-corrected chi connectivity index (χ1v) is 12.8. The number of carboxylic acids is 1. The lowest BCUT2D eigenvalue weighted by Crippen LogP contribution is -2.55. The summed E-state index contributed by atoms with van der Waals surface area (Å²) in [5, 5.41) is 19.7. The molecule has 3 aromatic carbocycles. The molecule has 7 nitrogen and oxygen atoms in total. The van der Waals surface area contributed by atoms with E-state index < -0.39 is 24.6 Å². The van der Waals surface area contributed by atoms with Crippen LogP contribution in [0.15, 0.2) is 72.8 Å². The van der Waals surface area contributed by atoms with Gasteiger partial charge in [-0.3, -0.25) is 4.79 Å². The second-order valence-electron chi connectivity index (χ2n) is 9.32. The Kier molecular flexibility index (Phi) is 8.97. The number of β-lactam (4-membered cyclic amide) rings is 1. The molecule has 3 aromatic rings. The predicted molar refractivity (Wildman–Crippen MR) is 141 cm³/mol. The lowest BCUT2D eigenvalue weighted by Gasteiger charge is -2.48. The minimum absolute atomic E-state index is 0.0572. The van der Waals surface area contributed by atoms with Gasteiger partial charge in [0.2, 0.25) is 5.91 Å². The van der Waals surface area contributed by atoms with Crippen LogP contribution in [0.2, 0.25) is 0 Å². The number of hydrogen-bond donors (Lipinski definition) is 2. The summed E-state index contributed by atoms with van der Waals surface area (Å²) in [6.07, 6.45) is 1.68. The number of hydrogen-bond acceptors (Lipinski definition) is 5. The van der Waals surface area contributed by atoms with Crippen molar-refractivity contribution >= 4 is 17.6 Å². The zero-order valence-electron chi connectivity index (χ0n) is 21.3. The largest absolute Gasteiger partial charge is 0.493 e. The van der Waals surface area contributed by atoms with Crippen LogP contribution < -0.4 is 14.4 Å². The summed E-state index contributed by atoms with van der Waals surface area (Å²) in [7, 11) is 0. The van der Waals surface area contributed by atoms with E-state index in [2.05, 4.69) is 6.92 Å². The van der Waals surface area contributed by atoms with Crippen molar-refractivity contribution in [2.24, 2.45) is 5.92 Å². The van der Waals surface area contributed by atoms with Crippen molar-refractivity contribution in [3.05, 3.63) is 89.7 Å². The van der Waals surface area contributed by atoms with E-state index in [1.165, 1.54) is 12.1 Å². The molecule has 4 rings (SSSR count). The van der Waals surface area contributed by atoms with Crippen LogP contribution in [0, 0.1) is 11.7 Å². The first-order valence-electron chi connectivity index (χ1n) is 12.8. The lowest BCUT2D eigenvalue weighted by molar-refractivity contribution is -0.139. The van der Waals surface area contributed by atoms with Crippen molar-refractivity contribution in [3.8, 4) is 11.5 Å². The average Bonchev–Trinajstić information content (AvgIpc) is 2.92. The molecular formula is C30H32FNO6. The third-order valence-corrected chi connectivity index (χ3v) is 6.68. The molecule has 2 N–H and O–H groups in total. The number of benzene rings is 3. The van der Waals surface area contributed by atoms with Crippen LogP contribution in [0.1, 0.15) is 55.9 Å². The molecule has 1 heterocycles. The van der Waals surface area contributed by atoms with Gasteiger partial charge in [-0.1, -0.05) is 43.7 Å². The fraction of sp³-hybridized carbons (Fsp3) is 0.333. The zero-order valence-corrected chi connectivity index (χ0v) is 21.3. The lowest BCUT2D eigenvalue weighted by atomic mass is 9.78. The summed E-state index contributed by atoms with van der Waals surface area (Å²) in [4.78, 5) is 26.1. The van der Waals surface area contributed by atoms with Crippen molar-refractivity contribution in [1.29, 1.82) is 0 Å². The quantitative estimate of drug-likeness (QED) is 0.222. The topological polar surface area (TPSA) is 96.3 Å². The molecule has 8 heteroatoms. The second-order valence-corrected chi connectivity index (χ2v) is 9.32. The highest BCUT2D eigenvalue weighted by atomic mass is 19.1. The highest BCUT2D eigenvalue weighted by molar-refractivity contribution is 6.03. The second kappa shape index (κ2) is 12.6. The van der Waals surface area contributed by atoms with Crippen LogP contribution in [-0.2, 0) is 9.59 Å². The number of halogens is 1. The van der Waals surface area contributed by atoms with Crippen molar-refractivity contribution in [2.45, 2.75) is 44.8 Å². The Balaban J connectivity index is 1.63. The maximum Gasteiger partial charge on any atom is 0.341 e. The van der Waals surface area contributed by atoms with Gasteiger partial charge < -0.3 is 24.6 Å². The van der Waals surface area contributed by atoms with E-state index >= 15 is 0 Å². The Bertz CT molecular complexity index is 1230. The van der Waals surface area contributed by atoms with Gasteiger partial charge in [0.25, 0.3) is 0 Å². The van der Waals surface area contributed by atoms with Gasteiger partial charge in [0.05, 0.1) is 24.7 Å². The van der Waals surface area contributed by atoms with E-state index in [0.717, 1.165) is 24.1 Å². The van der Waals surface area contributed by atoms with E-state index in [9.17, 15) is 19.1 Å². The summed E-state index contributed by atoms with van der Waals surface area (Å²) in [5.41, 5.74) is 2.13. The number of carbonyl (C=O) groups is 2. The number of aliphatic hydroxyl groups excluding tert-OH is 1. The molecule has 0 radical (unpaired) electrons. The molecule has 200 valence electrons. The van der Waals surface area contributed by atoms with E-state index in [1.807, 2.05) is 36.4 Å². The summed E-state index contributed by atoms with van der Waals surface area (Å²) < 4.78 is 24.8. The first-order chi connectivity index (χ1) is 18.4. The number of aliphatic carboxylic acids is 1. The van der Waals surface area contributed by atoms with Crippen molar-refractivity contribution in [3.63, 3.8) is 0 Å². The first kappa shape index (κ1) is 27.1. The van der Waals surface area contributed by atoms with Gasteiger partial charge in [0, 0.05) is 17.3 Å². The molecular weight excluding hydrogens is 489 g/mol. The smallest absolute Gasteiger partial charge is 0.341 e. The Hall–Kier alpha value is -3.91. The van der Waals surface area contributed by atoms with Gasteiger partial charge in [0.15, 0.2) is 6.61 Å². The fourth-order valence-corrected chi connectivity index (χ4v) is 4.70. The fourth-order valence-electron chi connectivity index (χ4n) is 4.70. The minimum Gasteiger partial charge on any atom is -0.493 e. The summed E-state index contributed by atoms with van der Waals surface area (Å²) in [6, 6.07) is 19.9. The monoisotopic (exact) mass is 521 g/mol. The number of aliphatic hydroxyl groups is 1. The van der Waals surface area contributed by atoms with Gasteiger partial charge in [0.1, 0.15) is 17.3 Å². The third-order valence-electron chi connectivity index (χ3n) is 6.68. The van der Waals surface area contributed by atoms with Crippen LogP contribution in [0.3, 0.4) is 0 Å². The minimum atomic E-state index is -1.08. The molecule has 0 aromatic heterocycles. The predicted octanol–water partition coefficient (Wildman–Crippen LogP) is 5.69. The van der Waals surface area contributed by atoms with E-state index in [0.29, 0.717) is 36.5 Å². The Morgan fingerprint density at radius 2 is 1.79 bits per heavy atom. The summed E-state index contributed by atoms with van der Waals surface area (Å²) in [5.74, 6) is -1.03. The van der Waals surface area contributed by atoms with Crippen molar-refractivity contribution in [1.82, 2.24) is 0 Å². The molecule has 0 unspecified atom stereocenters. The Morgan fingerprint density at radius 1 is 1.05 bits per heavy atom. The number of para-hydroxylation sites is 1. The number of amides is 1. The van der Waals surface area contributed by atoms with Crippen LogP contribution in [0.25, 0.3) is 0 Å². The molecule has 1 aliphatic rings. The molecule has 0 bridgehead atoms. The zero-order chi connectivity index (χ0) is 27.1. The van der Waals surface area contributed by atoms with Gasteiger partial charge in [-0.05, 0) is 61.2 Å². The number of unbranched alkanes of at least 4 members (excludes halogenated alkanes) is 1. The van der Waals surface area contributed by atoms with E-state index in [-0.39, 0.29) is 17.8 Å². The molecule has 1 amide bonds. The molecule has 0 spiro atoms. The molecule has 1 aliphatic heterocycles. The maximum absolute atomic E-state index is 13.4. The Morgan fingerprint density at radius 3 is 2.47 bits per heavy atom. The number of ether oxygens (including phenoxy) is 2. The number of carbonyl (C=O) groups excluding carboxylic acids is 1. The molecule has 1 saturated heterocycles. The normalized spacial score (nSPS) is 17.6. The standard InChI is InChI=1S/C30H32FNO6/c1-2-3-17-37-27-18-23(38-19-28(34)35)13-14-24(27)29-25(30(36)32(29)22-7-5-4-6-8-22)15-16-26(33)20-9-11-21(31)12-10-20/h4-14,18,25-26,29,33H,2-3,15-17,19H2,1H3,(H,34,35)/t25-,26+,29-/m1/s1. The van der Waals surface area contributed by atoms with Gasteiger partial charge >= 0.3 is 5.97 Å². The Labute approximate surface area is 221 Å². The SMILES string of the molecule is CCCCOc1cc(OCC(=O)O)ccc1[C@@H]1[C@@H](CC[C@H](O)c2ccc(F)cc2)C(=O)N1c1ccccc1. The molecule has 3 atom stereocenters. The van der Waals surface area contributed by atoms with Crippen LogP contribution in [0.4, 0.5) is 10.1 Å². The van der Waals surface area contributed by atoms with Crippen LogP contribution in [0.5, 0.6) is 11.5 Å². The molecule has 1 fully saturated rings. The third kappa shape index (κ3) is 6.31. The van der Waals surface area contributed by atoms with E-state index in [1.54, 1.807) is 29.2 Å². The van der Waals surface area contributed by atoms with Gasteiger partial charge in [-0.2, -0.15) is 0 Å². The van der Waals surface area contributed by atoms with E-state index in [4.69, 9.17) is 14.6 Å². The van der Waals surface area contributed by atoms with Crippen molar-refractivity contribution < 1.29 is 33.7 Å². The van der Waals surface area contributed by atoms with Gasteiger partial charge in [-0.25, -0.2) is 9.18 Å². The molecule has 0 saturated carbocycles. The molecule has 0 aliphatic carbocycles. The number of rotatable bonds is 13. The summed E-state index contributed by atoms with van der Waals surface area (Å²) >= 11 is 0.